The van der Waals surface area contributed by atoms with E-state index in [0.29, 0.717) is 0 Å². The van der Waals surface area contributed by atoms with Crippen LogP contribution < -0.4 is 5.73 Å². The topological polar surface area (TPSA) is 89.7 Å². The molecule has 0 spiro atoms. The summed E-state index contributed by atoms with van der Waals surface area (Å²) < 4.78 is 29.5. The molecule has 0 saturated carbocycles. The van der Waals surface area contributed by atoms with E-state index < -0.39 is 22.5 Å². The molecule has 0 amide bonds. The zero-order valence-corrected chi connectivity index (χ0v) is 11.5. The minimum Gasteiger partial charge on any atom is -0.468 e. The average molecular weight is 293 g/mol. The number of esters is 1. The fourth-order valence-corrected chi connectivity index (χ4v) is 2.72. The molecule has 0 aliphatic rings. The van der Waals surface area contributed by atoms with E-state index in [0.717, 1.165) is 4.31 Å². The van der Waals surface area contributed by atoms with Crippen LogP contribution in [0.1, 0.15) is 0 Å². The second-order valence-corrected chi connectivity index (χ2v) is 5.97. The minimum atomic E-state index is -3.87. The summed E-state index contributed by atoms with van der Waals surface area (Å²) in [6, 6.07) is 4.11. The van der Waals surface area contributed by atoms with Crippen LogP contribution in [0.5, 0.6) is 0 Å². The van der Waals surface area contributed by atoms with Gasteiger partial charge in [0.2, 0.25) is 10.0 Å². The number of nitrogens with two attached hydrogens (primary N) is 1. The maximum absolute atomic E-state index is 12.1. The van der Waals surface area contributed by atoms with Gasteiger partial charge in [0.1, 0.15) is 11.4 Å². The second kappa shape index (κ2) is 5.55. The summed E-state index contributed by atoms with van der Waals surface area (Å²) in [7, 11) is -1.44. The molecule has 6 nitrogen and oxygen atoms in total. The predicted octanol–water partition coefficient (Wildman–Crippen LogP) is 0.716. The third-order valence-electron chi connectivity index (χ3n) is 2.24. The summed E-state index contributed by atoms with van der Waals surface area (Å²) >= 11 is 5.73. The Kier molecular flexibility index (Phi) is 4.55. The van der Waals surface area contributed by atoms with Gasteiger partial charge in [-0.3, -0.25) is 4.79 Å². The Morgan fingerprint density at radius 2 is 2.11 bits per heavy atom. The molecule has 0 fully saturated rings. The normalized spacial score (nSPS) is 11.6. The number of ether oxygens (including phenoxy) is 1. The van der Waals surface area contributed by atoms with Gasteiger partial charge in [0.25, 0.3) is 0 Å². The first-order valence-corrected chi connectivity index (χ1v) is 6.69. The molecule has 8 heteroatoms. The molecule has 0 aromatic heterocycles. The van der Waals surface area contributed by atoms with E-state index in [1.165, 1.54) is 32.4 Å². The number of hydrogen-bond acceptors (Lipinski definition) is 5. The highest BCUT2D eigenvalue weighted by atomic mass is 35.5. The monoisotopic (exact) mass is 292 g/mol. The quantitative estimate of drug-likeness (QED) is 0.652. The van der Waals surface area contributed by atoms with Crippen LogP contribution in [0.15, 0.2) is 23.1 Å². The summed E-state index contributed by atoms with van der Waals surface area (Å²) in [5.41, 5.74) is 5.66. The molecule has 100 valence electrons. The van der Waals surface area contributed by atoms with Gasteiger partial charge in [-0.1, -0.05) is 11.6 Å². The molecule has 0 aliphatic heterocycles. The molecule has 0 aliphatic carbocycles. The van der Waals surface area contributed by atoms with Crippen molar-refractivity contribution in [3.8, 4) is 0 Å². The van der Waals surface area contributed by atoms with Crippen molar-refractivity contribution in [2.24, 2.45) is 0 Å². The van der Waals surface area contributed by atoms with E-state index in [1.807, 2.05) is 0 Å². The van der Waals surface area contributed by atoms with Crippen molar-refractivity contribution in [3.05, 3.63) is 23.2 Å². The van der Waals surface area contributed by atoms with Crippen molar-refractivity contribution in [1.29, 1.82) is 0 Å². The number of sulfonamides is 1. The van der Waals surface area contributed by atoms with Gasteiger partial charge in [0, 0.05) is 12.1 Å². The van der Waals surface area contributed by atoms with Crippen LogP contribution >= 0.6 is 11.6 Å². The smallest absolute Gasteiger partial charge is 0.321 e. The van der Waals surface area contributed by atoms with Crippen molar-refractivity contribution in [2.45, 2.75) is 4.90 Å². The Hall–Kier alpha value is -1.31. The van der Waals surface area contributed by atoms with E-state index in [2.05, 4.69) is 4.74 Å². The Balaban J connectivity index is 3.13. The number of anilines is 1. The lowest BCUT2D eigenvalue weighted by Crippen LogP contribution is -2.33. The maximum Gasteiger partial charge on any atom is 0.321 e. The van der Waals surface area contributed by atoms with Gasteiger partial charge in [0.15, 0.2) is 0 Å². The average Bonchev–Trinajstić information content (AvgIpc) is 2.31. The van der Waals surface area contributed by atoms with Gasteiger partial charge >= 0.3 is 5.97 Å². The van der Waals surface area contributed by atoms with Gasteiger partial charge < -0.3 is 10.5 Å². The fraction of sp³-hybridized carbons (Fsp3) is 0.300. The van der Waals surface area contributed by atoms with Crippen LogP contribution in [0.4, 0.5) is 5.69 Å². The minimum absolute atomic E-state index is 0.0658. The molecule has 0 bridgehead atoms. The first kappa shape index (κ1) is 14.7. The highest BCUT2D eigenvalue weighted by Gasteiger charge is 2.25. The summed E-state index contributed by atoms with van der Waals surface area (Å²) in [4.78, 5) is 10.9. The van der Waals surface area contributed by atoms with Crippen LogP contribution in [0.2, 0.25) is 5.02 Å². The molecule has 2 N–H and O–H groups in total. The molecule has 18 heavy (non-hydrogen) atoms. The number of rotatable bonds is 4. The molecule has 0 unspecified atom stereocenters. The van der Waals surface area contributed by atoms with Crippen LogP contribution in [-0.4, -0.2) is 39.4 Å². The second-order valence-electron chi connectivity index (χ2n) is 3.52. The maximum atomic E-state index is 12.1. The fourth-order valence-electron chi connectivity index (χ4n) is 1.23. The van der Waals surface area contributed by atoms with Crippen molar-refractivity contribution < 1.29 is 17.9 Å². The third-order valence-corrected chi connectivity index (χ3v) is 4.34. The lowest BCUT2D eigenvalue weighted by atomic mass is 10.3. The van der Waals surface area contributed by atoms with Crippen molar-refractivity contribution in [3.63, 3.8) is 0 Å². The van der Waals surface area contributed by atoms with Crippen LogP contribution in [0.3, 0.4) is 0 Å². The highest BCUT2D eigenvalue weighted by Crippen LogP contribution is 2.25. The predicted molar refractivity (Wildman–Crippen MR) is 67.7 cm³/mol. The Labute approximate surface area is 110 Å². The number of benzene rings is 1. The number of carbonyl (C=O) groups is 1. The molecule has 1 aromatic rings. The number of nitrogens with zero attached hydrogens (tertiary/aromatic N) is 1. The summed E-state index contributed by atoms with van der Waals surface area (Å²) in [5, 5.41) is 0.245. The molecule has 1 aromatic carbocycles. The van der Waals surface area contributed by atoms with E-state index in [9.17, 15) is 13.2 Å². The molecular formula is C10H13ClN2O4S. The highest BCUT2D eigenvalue weighted by molar-refractivity contribution is 7.89. The van der Waals surface area contributed by atoms with Crippen LogP contribution in [0.25, 0.3) is 0 Å². The van der Waals surface area contributed by atoms with Crippen molar-refractivity contribution >= 4 is 33.3 Å². The molecule has 1 rings (SSSR count). The molecule has 0 radical (unpaired) electrons. The third kappa shape index (κ3) is 3.12. The van der Waals surface area contributed by atoms with Crippen LogP contribution in [0, 0.1) is 0 Å². The molecule has 0 saturated heterocycles. The molecule has 0 heterocycles. The number of hydrogen-bond donors (Lipinski definition) is 1. The SMILES string of the molecule is COC(=O)CN(C)S(=O)(=O)c1cc(Cl)ccc1N. The molecule has 0 atom stereocenters. The Bertz CT molecular complexity index is 559. The van der Waals surface area contributed by atoms with E-state index in [4.69, 9.17) is 17.3 Å². The van der Waals surface area contributed by atoms with Gasteiger partial charge in [-0.2, -0.15) is 4.31 Å². The van der Waals surface area contributed by atoms with Gasteiger partial charge in [-0.05, 0) is 18.2 Å². The zero-order chi connectivity index (χ0) is 13.9. The summed E-state index contributed by atoms with van der Waals surface area (Å²) in [5.74, 6) is -0.665. The van der Waals surface area contributed by atoms with Gasteiger partial charge in [-0.15, -0.1) is 0 Å². The number of nitrogen functional groups attached to an aromatic ring is 1. The zero-order valence-electron chi connectivity index (χ0n) is 9.88. The standard InChI is InChI=1S/C10H13ClN2O4S/c1-13(6-10(14)17-2)18(15,16)9-5-7(11)3-4-8(9)12/h3-5H,6,12H2,1-2H3. The summed E-state index contributed by atoms with van der Waals surface area (Å²) in [6.45, 7) is -0.398. The van der Waals surface area contributed by atoms with E-state index in [-0.39, 0.29) is 15.6 Å². The lowest BCUT2D eigenvalue weighted by molar-refractivity contribution is -0.140. The van der Waals surface area contributed by atoms with E-state index in [1.54, 1.807) is 0 Å². The number of halogens is 1. The Morgan fingerprint density at radius 1 is 1.50 bits per heavy atom. The number of carbonyl (C=O) groups excluding carboxylic acids is 1. The number of methoxy groups -OCH3 is 1. The molecular weight excluding hydrogens is 280 g/mol. The first-order valence-electron chi connectivity index (χ1n) is 4.87. The first-order chi connectivity index (χ1) is 8.28. The number of likely N-dealkylation sites (N-methyl/N-ethyl adjacent to an activating group) is 1. The van der Waals surface area contributed by atoms with Crippen molar-refractivity contribution in [1.82, 2.24) is 4.31 Å². The largest absolute Gasteiger partial charge is 0.468 e. The lowest BCUT2D eigenvalue weighted by Gasteiger charge is -2.17. The summed E-state index contributed by atoms with van der Waals surface area (Å²) in [6.07, 6.45) is 0. The van der Waals surface area contributed by atoms with Crippen molar-refractivity contribution in [2.75, 3.05) is 26.4 Å². The Morgan fingerprint density at radius 3 is 2.67 bits per heavy atom. The van der Waals surface area contributed by atoms with Crippen LogP contribution in [-0.2, 0) is 19.6 Å². The van der Waals surface area contributed by atoms with Gasteiger partial charge in [0.05, 0.1) is 12.8 Å². The van der Waals surface area contributed by atoms with Gasteiger partial charge in [-0.25, -0.2) is 8.42 Å². The van der Waals surface area contributed by atoms with E-state index >= 15 is 0 Å².